The van der Waals surface area contributed by atoms with Gasteiger partial charge in [0.2, 0.25) is 0 Å². The Bertz CT molecular complexity index is 787. The van der Waals surface area contributed by atoms with Crippen LogP contribution in [0.15, 0.2) is 46.0 Å². The van der Waals surface area contributed by atoms with Gasteiger partial charge in [0.25, 0.3) is 0 Å². The standard InChI is InChI=1S/C14H10O3S3/c15-14(16)13-10(8-20(17)12-6-3-7-18-12)9-4-1-2-5-11(9)19-13/h1-7H,8H2,(H,15,16). The van der Waals surface area contributed by atoms with Crippen LogP contribution < -0.4 is 0 Å². The van der Waals surface area contributed by atoms with E-state index in [-0.39, 0.29) is 10.6 Å². The maximum Gasteiger partial charge on any atom is 0.346 e. The van der Waals surface area contributed by atoms with Crippen molar-refractivity contribution in [2.45, 2.75) is 9.96 Å². The summed E-state index contributed by atoms with van der Waals surface area (Å²) in [5.74, 6) is -0.712. The summed E-state index contributed by atoms with van der Waals surface area (Å²) in [6, 6.07) is 11.2. The van der Waals surface area contributed by atoms with E-state index in [9.17, 15) is 14.1 Å². The third-order valence-electron chi connectivity index (χ3n) is 2.89. The SMILES string of the molecule is O=C(O)c1sc2ccccc2c1CS(=O)c1cccs1. The summed E-state index contributed by atoms with van der Waals surface area (Å²) in [7, 11) is -1.20. The van der Waals surface area contributed by atoms with Gasteiger partial charge in [0, 0.05) is 4.70 Å². The van der Waals surface area contributed by atoms with E-state index in [0.29, 0.717) is 5.56 Å². The zero-order chi connectivity index (χ0) is 14.1. The molecule has 0 fully saturated rings. The zero-order valence-corrected chi connectivity index (χ0v) is 12.7. The molecule has 3 rings (SSSR count). The van der Waals surface area contributed by atoms with Crippen LogP contribution in [-0.2, 0) is 16.6 Å². The number of carboxylic acids is 1. The first-order valence-corrected chi connectivity index (χ1v) is 8.84. The molecule has 6 heteroatoms. The second kappa shape index (κ2) is 5.47. The van der Waals surface area contributed by atoms with Crippen molar-refractivity contribution in [3.8, 4) is 0 Å². The van der Waals surface area contributed by atoms with Crippen molar-refractivity contribution in [3.05, 3.63) is 52.2 Å². The molecule has 20 heavy (non-hydrogen) atoms. The largest absolute Gasteiger partial charge is 0.477 e. The van der Waals surface area contributed by atoms with Gasteiger partial charge in [0.1, 0.15) is 4.88 Å². The highest BCUT2D eigenvalue weighted by atomic mass is 32.2. The normalized spacial score (nSPS) is 12.6. The van der Waals surface area contributed by atoms with Gasteiger partial charge in [-0.3, -0.25) is 4.21 Å². The minimum Gasteiger partial charge on any atom is -0.477 e. The number of carbonyl (C=O) groups is 1. The van der Waals surface area contributed by atoms with E-state index in [1.165, 1.54) is 22.7 Å². The molecule has 2 aromatic heterocycles. The van der Waals surface area contributed by atoms with Gasteiger partial charge in [0.05, 0.1) is 20.8 Å². The summed E-state index contributed by atoms with van der Waals surface area (Å²) >= 11 is 2.67. The molecular formula is C14H10O3S3. The molecule has 0 amide bonds. The number of fused-ring (bicyclic) bond motifs is 1. The summed E-state index contributed by atoms with van der Waals surface area (Å²) in [4.78, 5) is 11.7. The molecule has 102 valence electrons. The summed E-state index contributed by atoms with van der Waals surface area (Å²) in [6.45, 7) is 0. The van der Waals surface area contributed by atoms with E-state index in [1.807, 2.05) is 41.8 Å². The predicted molar refractivity (Wildman–Crippen MR) is 83.2 cm³/mol. The van der Waals surface area contributed by atoms with Crippen molar-refractivity contribution >= 4 is 49.5 Å². The van der Waals surface area contributed by atoms with Crippen LogP contribution in [0.25, 0.3) is 10.1 Å². The molecular weight excluding hydrogens is 312 g/mol. The number of hydrogen-bond donors (Lipinski definition) is 1. The highest BCUT2D eigenvalue weighted by molar-refractivity contribution is 7.86. The summed E-state index contributed by atoms with van der Waals surface area (Å²) < 4.78 is 14.0. The molecule has 0 radical (unpaired) electrons. The predicted octanol–water partition coefficient (Wildman–Crippen LogP) is 3.97. The first-order chi connectivity index (χ1) is 9.66. The molecule has 3 nitrogen and oxygen atoms in total. The first kappa shape index (κ1) is 13.5. The van der Waals surface area contributed by atoms with Crippen LogP contribution in [0, 0.1) is 0 Å². The molecule has 3 aromatic rings. The van der Waals surface area contributed by atoms with Crippen molar-refractivity contribution < 1.29 is 14.1 Å². The van der Waals surface area contributed by atoms with Crippen molar-refractivity contribution in [2.24, 2.45) is 0 Å². The minimum atomic E-state index is -1.20. The van der Waals surface area contributed by atoms with E-state index < -0.39 is 16.8 Å². The van der Waals surface area contributed by atoms with E-state index in [0.717, 1.165) is 14.3 Å². The summed E-state index contributed by atoms with van der Waals surface area (Å²) in [5, 5.41) is 12.1. The molecule has 1 unspecified atom stereocenters. The lowest BCUT2D eigenvalue weighted by atomic mass is 10.1. The van der Waals surface area contributed by atoms with Crippen LogP contribution in [0.2, 0.25) is 0 Å². The third kappa shape index (κ3) is 2.42. The van der Waals surface area contributed by atoms with Crippen molar-refractivity contribution in [1.82, 2.24) is 0 Å². The topological polar surface area (TPSA) is 54.4 Å². The fourth-order valence-corrected chi connectivity index (χ4v) is 5.32. The number of rotatable bonds is 4. The van der Waals surface area contributed by atoms with Gasteiger partial charge >= 0.3 is 5.97 Å². The van der Waals surface area contributed by atoms with Crippen molar-refractivity contribution in [1.29, 1.82) is 0 Å². The second-order valence-corrected chi connectivity index (χ2v) is 7.81. The van der Waals surface area contributed by atoms with Crippen LogP contribution >= 0.6 is 22.7 Å². The van der Waals surface area contributed by atoms with Gasteiger partial charge in [-0.25, -0.2) is 4.79 Å². The fraction of sp³-hybridized carbons (Fsp3) is 0.0714. The van der Waals surface area contributed by atoms with E-state index >= 15 is 0 Å². The van der Waals surface area contributed by atoms with Crippen molar-refractivity contribution in [3.63, 3.8) is 0 Å². The first-order valence-electron chi connectivity index (χ1n) is 5.82. The molecule has 1 atom stereocenters. The zero-order valence-electron chi connectivity index (χ0n) is 10.2. The van der Waals surface area contributed by atoms with Crippen LogP contribution in [0.5, 0.6) is 0 Å². The summed E-state index contributed by atoms with van der Waals surface area (Å²) in [5.41, 5.74) is 0.671. The minimum absolute atomic E-state index is 0.242. The van der Waals surface area contributed by atoms with E-state index in [1.54, 1.807) is 0 Å². The molecule has 0 aliphatic rings. The molecule has 0 aliphatic carbocycles. The number of thiophene rings is 2. The van der Waals surface area contributed by atoms with E-state index in [4.69, 9.17) is 0 Å². The Morgan fingerprint density at radius 3 is 2.70 bits per heavy atom. The highest BCUT2D eigenvalue weighted by Crippen LogP contribution is 2.33. The van der Waals surface area contributed by atoms with Gasteiger partial charge in [0.15, 0.2) is 0 Å². The van der Waals surface area contributed by atoms with Gasteiger partial charge in [-0.1, -0.05) is 24.3 Å². The Kier molecular flexibility index (Phi) is 3.69. The van der Waals surface area contributed by atoms with Crippen LogP contribution in [0.4, 0.5) is 0 Å². The van der Waals surface area contributed by atoms with Gasteiger partial charge < -0.3 is 5.11 Å². The fourth-order valence-electron chi connectivity index (χ4n) is 2.01. The Labute approximate surface area is 126 Å². The molecule has 0 aliphatic heterocycles. The van der Waals surface area contributed by atoms with Crippen LogP contribution in [0.3, 0.4) is 0 Å². The Balaban J connectivity index is 2.07. The van der Waals surface area contributed by atoms with Gasteiger partial charge in [-0.2, -0.15) is 0 Å². The maximum atomic E-state index is 12.3. The van der Waals surface area contributed by atoms with Crippen LogP contribution in [-0.4, -0.2) is 15.3 Å². The number of aromatic carboxylic acids is 1. The lowest BCUT2D eigenvalue weighted by molar-refractivity contribution is 0.0701. The number of benzene rings is 1. The summed E-state index contributed by atoms with van der Waals surface area (Å²) in [6.07, 6.45) is 0. The quantitative estimate of drug-likeness (QED) is 0.791. The third-order valence-corrected chi connectivity index (χ3v) is 6.73. The Morgan fingerprint density at radius 1 is 1.20 bits per heavy atom. The molecule has 0 bridgehead atoms. The monoisotopic (exact) mass is 322 g/mol. The highest BCUT2D eigenvalue weighted by Gasteiger charge is 2.20. The average Bonchev–Trinajstić information content (AvgIpc) is 3.06. The molecule has 1 N–H and O–H groups in total. The van der Waals surface area contributed by atoms with Crippen LogP contribution in [0.1, 0.15) is 15.2 Å². The van der Waals surface area contributed by atoms with Crippen molar-refractivity contribution in [2.75, 3.05) is 0 Å². The van der Waals surface area contributed by atoms with Gasteiger partial charge in [-0.05, 0) is 28.5 Å². The second-order valence-electron chi connectivity index (χ2n) is 4.13. The Hall–Kier alpha value is -1.50. The lowest BCUT2D eigenvalue weighted by Gasteiger charge is -2.01. The number of hydrogen-bond acceptors (Lipinski definition) is 4. The molecule has 2 heterocycles. The molecule has 0 saturated carbocycles. The molecule has 0 saturated heterocycles. The maximum absolute atomic E-state index is 12.3. The molecule has 0 spiro atoms. The van der Waals surface area contributed by atoms with Gasteiger partial charge in [-0.15, -0.1) is 22.7 Å². The Morgan fingerprint density at radius 2 is 2.00 bits per heavy atom. The lowest BCUT2D eigenvalue weighted by Crippen LogP contribution is -2.01. The number of carboxylic acid groups (broad SMARTS) is 1. The average molecular weight is 322 g/mol. The van der Waals surface area contributed by atoms with E-state index in [2.05, 4.69) is 0 Å². The smallest absolute Gasteiger partial charge is 0.346 e. The molecule has 1 aromatic carbocycles.